The topological polar surface area (TPSA) is 57.6 Å². The van der Waals surface area contributed by atoms with Crippen molar-refractivity contribution in [3.05, 3.63) is 29.8 Å². The number of aliphatic hydroxyl groups is 1. The predicted molar refractivity (Wildman–Crippen MR) is 74.4 cm³/mol. The van der Waals surface area contributed by atoms with Crippen LogP contribution in [-0.2, 0) is 10.0 Å². The monoisotopic (exact) mass is 283 g/mol. The van der Waals surface area contributed by atoms with Crippen LogP contribution in [0.1, 0.15) is 24.8 Å². The molecule has 1 heterocycles. The van der Waals surface area contributed by atoms with Crippen molar-refractivity contribution in [2.45, 2.75) is 31.1 Å². The molecule has 0 amide bonds. The van der Waals surface area contributed by atoms with Crippen LogP contribution in [0.15, 0.2) is 29.2 Å². The molecule has 0 aliphatic carbocycles. The molecule has 1 aromatic rings. The maximum absolute atomic E-state index is 12.5. The van der Waals surface area contributed by atoms with Crippen LogP contribution in [0.25, 0.3) is 0 Å². The van der Waals surface area contributed by atoms with Crippen molar-refractivity contribution in [2.24, 2.45) is 5.92 Å². The van der Waals surface area contributed by atoms with Gasteiger partial charge in [0, 0.05) is 19.7 Å². The second-order valence-corrected chi connectivity index (χ2v) is 7.13. The first-order chi connectivity index (χ1) is 9.04. The zero-order valence-electron chi connectivity index (χ0n) is 11.2. The average Bonchev–Trinajstić information content (AvgIpc) is 2.40. The fourth-order valence-electron chi connectivity index (χ4n) is 2.52. The molecule has 0 spiro atoms. The number of piperidine rings is 1. The van der Waals surface area contributed by atoms with Crippen molar-refractivity contribution in [2.75, 3.05) is 19.7 Å². The van der Waals surface area contributed by atoms with Crippen molar-refractivity contribution in [1.29, 1.82) is 0 Å². The first-order valence-corrected chi connectivity index (χ1v) is 8.15. The normalized spacial score (nSPS) is 21.5. The summed E-state index contributed by atoms with van der Waals surface area (Å²) in [6.07, 6.45) is 2.55. The number of nitrogens with zero attached hydrogens (tertiary/aromatic N) is 1. The van der Waals surface area contributed by atoms with Gasteiger partial charge >= 0.3 is 0 Å². The van der Waals surface area contributed by atoms with Crippen LogP contribution in [-0.4, -0.2) is 37.5 Å². The molecule has 0 aromatic heterocycles. The number of hydrogen-bond acceptors (Lipinski definition) is 3. The van der Waals surface area contributed by atoms with Crippen LogP contribution in [0.2, 0.25) is 0 Å². The first-order valence-electron chi connectivity index (χ1n) is 6.71. The van der Waals surface area contributed by atoms with Gasteiger partial charge in [-0.05, 0) is 44.2 Å². The summed E-state index contributed by atoms with van der Waals surface area (Å²) < 4.78 is 26.6. The molecule has 1 unspecified atom stereocenters. The van der Waals surface area contributed by atoms with E-state index in [4.69, 9.17) is 5.11 Å². The Morgan fingerprint density at radius 3 is 2.63 bits per heavy atom. The Hall–Kier alpha value is -0.910. The van der Waals surface area contributed by atoms with E-state index in [0.29, 0.717) is 24.4 Å². The standard InChI is InChI=1S/C14H21NO3S/c1-12-4-6-14(7-5-12)19(17,18)15-9-2-3-13(11-15)8-10-16/h4-7,13,16H,2-3,8-11H2,1H3. The Bertz CT molecular complexity index is 508. The lowest BCUT2D eigenvalue weighted by Gasteiger charge is -2.31. The lowest BCUT2D eigenvalue weighted by atomic mass is 9.97. The van der Waals surface area contributed by atoms with Gasteiger partial charge in [-0.15, -0.1) is 0 Å². The fraction of sp³-hybridized carbons (Fsp3) is 0.571. The molecular weight excluding hydrogens is 262 g/mol. The average molecular weight is 283 g/mol. The van der Waals surface area contributed by atoms with Crippen molar-refractivity contribution >= 4 is 10.0 Å². The molecule has 4 nitrogen and oxygen atoms in total. The van der Waals surface area contributed by atoms with Gasteiger partial charge in [0.25, 0.3) is 0 Å². The third kappa shape index (κ3) is 3.35. The molecule has 1 saturated heterocycles. The van der Waals surface area contributed by atoms with Gasteiger partial charge < -0.3 is 5.11 Å². The molecule has 0 radical (unpaired) electrons. The molecule has 5 heteroatoms. The first kappa shape index (κ1) is 14.5. The minimum Gasteiger partial charge on any atom is -0.396 e. The van der Waals surface area contributed by atoms with Gasteiger partial charge in [-0.25, -0.2) is 8.42 Å². The van der Waals surface area contributed by atoms with Crippen molar-refractivity contribution in [1.82, 2.24) is 4.31 Å². The number of rotatable bonds is 4. The maximum Gasteiger partial charge on any atom is 0.243 e. The third-order valence-electron chi connectivity index (χ3n) is 3.68. The zero-order chi connectivity index (χ0) is 13.9. The van der Waals surface area contributed by atoms with E-state index >= 15 is 0 Å². The highest BCUT2D eigenvalue weighted by Crippen LogP contribution is 2.25. The van der Waals surface area contributed by atoms with Gasteiger partial charge in [-0.3, -0.25) is 0 Å². The molecule has 0 bridgehead atoms. The molecule has 0 saturated carbocycles. The van der Waals surface area contributed by atoms with Crippen LogP contribution in [0.3, 0.4) is 0 Å². The van der Waals surface area contributed by atoms with Crippen molar-refractivity contribution in [3.63, 3.8) is 0 Å². The highest BCUT2D eigenvalue weighted by molar-refractivity contribution is 7.89. The molecule has 1 aliphatic rings. The Morgan fingerprint density at radius 1 is 1.32 bits per heavy atom. The third-order valence-corrected chi connectivity index (χ3v) is 5.56. The Morgan fingerprint density at radius 2 is 2.00 bits per heavy atom. The number of aryl methyl sites for hydroxylation is 1. The van der Waals surface area contributed by atoms with Gasteiger partial charge in [-0.2, -0.15) is 4.31 Å². The highest BCUT2D eigenvalue weighted by Gasteiger charge is 2.29. The van der Waals surface area contributed by atoms with E-state index in [9.17, 15) is 8.42 Å². The van der Waals surface area contributed by atoms with E-state index in [0.717, 1.165) is 18.4 Å². The van der Waals surface area contributed by atoms with Crippen LogP contribution in [0.5, 0.6) is 0 Å². The summed E-state index contributed by atoms with van der Waals surface area (Å²) >= 11 is 0. The SMILES string of the molecule is Cc1ccc(S(=O)(=O)N2CCCC(CCO)C2)cc1. The Labute approximate surface area is 115 Å². The van der Waals surface area contributed by atoms with Crippen LogP contribution >= 0.6 is 0 Å². The molecule has 2 rings (SSSR count). The van der Waals surface area contributed by atoms with Crippen molar-refractivity contribution < 1.29 is 13.5 Å². The smallest absolute Gasteiger partial charge is 0.243 e. The van der Waals surface area contributed by atoms with E-state index in [2.05, 4.69) is 0 Å². The van der Waals surface area contributed by atoms with Gasteiger partial charge in [0.1, 0.15) is 0 Å². The molecule has 1 fully saturated rings. The van der Waals surface area contributed by atoms with E-state index in [1.807, 2.05) is 19.1 Å². The van der Waals surface area contributed by atoms with Crippen molar-refractivity contribution in [3.8, 4) is 0 Å². The minimum atomic E-state index is -3.38. The van der Waals surface area contributed by atoms with Gasteiger partial charge in [-0.1, -0.05) is 17.7 Å². The predicted octanol–water partition coefficient (Wildman–Crippen LogP) is 1.78. The van der Waals surface area contributed by atoms with Gasteiger partial charge in [0.05, 0.1) is 4.90 Å². The summed E-state index contributed by atoms with van der Waals surface area (Å²) in [5.74, 6) is 0.277. The maximum atomic E-state index is 12.5. The highest BCUT2D eigenvalue weighted by atomic mass is 32.2. The molecule has 1 N–H and O–H groups in total. The summed E-state index contributed by atoms with van der Waals surface area (Å²) in [4.78, 5) is 0.364. The summed E-state index contributed by atoms with van der Waals surface area (Å²) in [6.45, 7) is 3.17. The second-order valence-electron chi connectivity index (χ2n) is 5.20. The summed E-state index contributed by atoms with van der Waals surface area (Å²) in [5, 5.41) is 8.99. The molecule has 106 valence electrons. The number of benzene rings is 1. The Balaban J connectivity index is 2.17. The van der Waals surface area contributed by atoms with Gasteiger partial charge in [0.15, 0.2) is 0 Å². The van der Waals surface area contributed by atoms with Crippen LogP contribution < -0.4 is 0 Å². The summed E-state index contributed by atoms with van der Waals surface area (Å²) in [6, 6.07) is 6.98. The number of hydrogen-bond donors (Lipinski definition) is 1. The lowest BCUT2D eigenvalue weighted by Crippen LogP contribution is -2.40. The summed E-state index contributed by atoms with van der Waals surface area (Å²) in [5.41, 5.74) is 1.05. The second kappa shape index (κ2) is 6.03. The van der Waals surface area contributed by atoms with E-state index in [1.165, 1.54) is 0 Å². The lowest BCUT2D eigenvalue weighted by molar-refractivity contribution is 0.203. The van der Waals surface area contributed by atoms with E-state index < -0.39 is 10.0 Å². The zero-order valence-corrected chi connectivity index (χ0v) is 12.1. The van der Waals surface area contributed by atoms with Gasteiger partial charge in [0.2, 0.25) is 10.0 Å². The fourth-order valence-corrected chi connectivity index (χ4v) is 4.08. The van der Waals surface area contributed by atoms with E-state index in [1.54, 1.807) is 16.4 Å². The molecule has 1 atom stereocenters. The molecule has 1 aromatic carbocycles. The molecule has 19 heavy (non-hydrogen) atoms. The largest absolute Gasteiger partial charge is 0.396 e. The molecular formula is C14H21NO3S. The Kier molecular flexibility index (Phi) is 4.60. The minimum absolute atomic E-state index is 0.128. The van der Waals surface area contributed by atoms with Crippen LogP contribution in [0, 0.1) is 12.8 Å². The number of aliphatic hydroxyl groups excluding tert-OH is 1. The summed E-state index contributed by atoms with van der Waals surface area (Å²) in [7, 11) is -3.38. The quantitative estimate of drug-likeness (QED) is 0.916. The number of sulfonamides is 1. The van der Waals surface area contributed by atoms with E-state index in [-0.39, 0.29) is 12.5 Å². The van der Waals surface area contributed by atoms with Crippen LogP contribution in [0.4, 0.5) is 0 Å². The molecule has 1 aliphatic heterocycles.